The van der Waals surface area contributed by atoms with Gasteiger partial charge in [-0.3, -0.25) is 4.79 Å². The predicted molar refractivity (Wildman–Crippen MR) is 113 cm³/mol. The molecule has 9 heteroatoms. The van der Waals surface area contributed by atoms with Crippen molar-refractivity contribution in [1.29, 1.82) is 0 Å². The lowest BCUT2D eigenvalue weighted by atomic mass is 9.93. The maximum Gasteiger partial charge on any atom is 0.253 e. The molecule has 1 atom stereocenters. The monoisotopic (exact) mass is 423 g/mol. The van der Waals surface area contributed by atoms with Crippen LogP contribution in [-0.4, -0.2) is 57.1 Å². The molecular formula is C22H25N5O4. The van der Waals surface area contributed by atoms with Crippen LogP contribution in [0.3, 0.4) is 0 Å². The van der Waals surface area contributed by atoms with Crippen LogP contribution in [0.5, 0.6) is 11.8 Å². The number of rotatable bonds is 6. The fourth-order valence-corrected chi connectivity index (χ4v) is 3.67. The van der Waals surface area contributed by atoms with Gasteiger partial charge in [0.15, 0.2) is 5.82 Å². The lowest BCUT2D eigenvalue weighted by molar-refractivity contribution is 0.0538. The van der Waals surface area contributed by atoms with E-state index >= 15 is 0 Å². The molecule has 1 aliphatic rings. The van der Waals surface area contributed by atoms with Crippen LogP contribution in [0.25, 0.3) is 16.9 Å². The van der Waals surface area contributed by atoms with Gasteiger partial charge in [0.25, 0.3) is 5.91 Å². The first-order chi connectivity index (χ1) is 15.1. The van der Waals surface area contributed by atoms with Crippen LogP contribution in [0.4, 0.5) is 0 Å². The maximum atomic E-state index is 12.6. The van der Waals surface area contributed by atoms with E-state index in [1.165, 1.54) is 18.0 Å². The summed E-state index contributed by atoms with van der Waals surface area (Å²) in [5.74, 6) is 1.02. The highest BCUT2D eigenvalue weighted by Gasteiger charge is 2.22. The third-order valence-corrected chi connectivity index (χ3v) is 5.56. The smallest absolute Gasteiger partial charge is 0.253 e. The Bertz CT molecular complexity index is 1040. The van der Waals surface area contributed by atoms with Gasteiger partial charge in [-0.05, 0) is 49.4 Å². The molecule has 4 rings (SSSR count). The fraction of sp³-hybridized carbons (Fsp3) is 0.364. The van der Waals surface area contributed by atoms with Gasteiger partial charge in [-0.2, -0.15) is 9.78 Å². The van der Waals surface area contributed by atoms with Crippen molar-refractivity contribution in [2.75, 3.05) is 20.3 Å². The van der Waals surface area contributed by atoms with Crippen molar-refractivity contribution in [3.05, 3.63) is 48.4 Å². The topological polar surface area (TPSA) is 111 Å². The summed E-state index contributed by atoms with van der Waals surface area (Å²) in [6.07, 6.45) is 6.52. The van der Waals surface area contributed by atoms with E-state index in [0.717, 1.165) is 26.1 Å². The van der Waals surface area contributed by atoms with E-state index in [1.54, 1.807) is 36.7 Å². The lowest BCUT2D eigenvalue weighted by Gasteiger charge is -2.28. The number of carbonyl (C=O) groups excluding carboxylic acids is 1. The average molecular weight is 423 g/mol. The number of carbonyl (C=O) groups is 1. The molecule has 9 nitrogen and oxygen atoms in total. The number of pyridine rings is 2. The standard InChI is InChI=1S/C22H25N5O4/c1-14(15-6-9-31-10-7-15)26-21(28)17-3-4-19(24-12-17)27-22(29)18(13-25-27)16-5-8-23-20(11-16)30-2/h3-5,8,11-15,29H,6-7,9-10H2,1-2H3,(H,26,28)/t14-/m0/s1. The fourth-order valence-electron chi connectivity index (χ4n) is 3.67. The third-order valence-electron chi connectivity index (χ3n) is 5.56. The van der Waals surface area contributed by atoms with Gasteiger partial charge in [0, 0.05) is 37.7 Å². The quantitative estimate of drug-likeness (QED) is 0.627. The van der Waals surface area contributed by atoms with Gasteiger partial charge in [0.05, 0.1) is 24.4 Å². The van der Waals surface area contributed by atoms with Crippen molar-refractivity contribution in [2.45, 2.75) is 25.8 Å². The molecule has 2 N–H and O–H groups in total. The van der Waals surface area contributed by atoms with Crippen LogP contribution in [0.1, 0.15) is 30.1 Å². The number of nitrogens with one attached hydrogen (secondary N) is 1. The third kappa shape index (κ3) is 4.51. The molecule has 162 valence electrons. The zero-order valence-electron chi connectivity index (χ0n) is 17.5. The molecule has 0 aromatic carbocycles. The number of nitrogens with zero attached hydrogens (tertiary/aromatic N) is 4. The molecular weight excluding hydrogens is 398 g/mol. The Kier molecular flexibility index (Phi) is 6.13. The average Bonchev–Trinajstić information content (AvgIpc) is 3.21. The predicted octanol–water partition coefficient (Wildman–Crippen LogP) is 2.59. The summed E-state index contributed by atoms with van der Waals surface area (Å²) in [6, 6.07) is 6.85. The van der Waals surface area contributed by atoms with E-state index in [9.17, 15) is 9.90 Å². The number of aromatic hydroxyl groups is 1. The van der Waals surface area contributed by atoms with Crippen molar-refractivity contribution < 1.29 is 19.4 Å². The van der Waals surface area contributed by atoms with E-state index < -0.39 is 0 Å². The Morgan fingerprint density at radius 2 is 2.06 bits per heavy atom. The first kappa shape index (κ1) is 20.8. The summed E-state index contributed by atoms with van der Waals surface area (Å²) < 4.78 is 11.8. The number of hydrogen-bond donors (Lipinski definition) is 2. The zero-order chi connectivity index (χ0) is 21.8. The number of amides is 1. The van der Waals surface area contributed by atoms with Gasteiger partial charge in [-0.25, -0.2) is 9.97 Å². The number of hydrogen-bond acceptors (Lipinski definition) is 7. The van der Waals surface area contributed by atoms with Crippen LogP contribution < -0.4 is 10.1 Å². The number of methoxy groups -OCH3 is 1. The van der Waals surface area contributed by atoms with Crippen LogP contribution in [0.15, 0.2) is 42.9 Å². The molecule has 1 amide bonds. The van der Waals surface area contributed by atoms with Crippen LogP contribution in [0.2, 0.25) is 0 Å². The van der Waals surface area contributed by atoms with Crippen molar-refractivity contribution in [3.63, 3.8) is 0 Å². The van der Waals surface area contributed by atoms with E-state index in [2.05, 4.69) is 20.4 Å². The summed E-state index contributed by atoms with van der Waals surface area (Å²) >= 11 is 0. The van der Waals surface area contributed by atoms with Crippen molar-refractivity contribution in [1.82, 2.24) is 25.1 Å². The molecule has 1 saturated heterocycles. The number of aromatic nitrogens is 4. The minimum Gasteiger partial charge on any atom is -0.493 e. The molecule has 1 fully saturated rings. The molecule has 0 bridgehead atoms. The minimum atomic E-state index is -0.174. The largest absolute Gasteiger partial charge is 0.493 e. The summed E-state index contributed by atoms with van der Waals surface area (Å²) in [6.45, 7) is 3.50. The summed E-state index contributed by atoms with van der Waals surface area (Å²) in [5, 5.41) is 17.9. The molecule has 1 aliphatic heterocycles. The molecule has 4 heterocycles. The van der Waals surface area contributed by atoms with E-state index in [1.807, 2.05) is 6.92 Å². The minimum absolute atomic E-state index is 0.0612. The van der Waals surface area contributed by atoms with Gasteiger partial charge in [0.2, 0.25) is 11.8 Å². The molecule has 0 radical (unpaired) electrons. The van der Waals surface area contributed by atoms with E-state index in [0.29, 0.717) is 34.3 Å². The highest BCUT2D eigenvalue weighted by molar-refractivity contribution is 5.94. The van der Waals surface area contributed by atoms with Gasteiger partial charge in [-0.1, -0.05) is 0 Å². The SMILES string of the molecule is COc1cc(-c2cnn(-c3ccc(C(=O)N[C@@H](C)C4CCOCC4)cn3)c2O)ccn1. The summed E-state index contributed by atoms with van der Waals surface area (Å²) in [5.41, 5.74) is 1.69. The maximum absolute atomic E-state index is 12.6. The van der Waals surface area contributed by atoms with Crippen molar-refractivity contribution in [2.24, 2.45) is 5.92 Å². The first-order valence-electron chi connectivity index (χ1n) is 10.2. The van der Waals surface area contributed by atoms with Gasteiger partial charge < -0.3 is 19.9 Å². The Labute approximate surface area is 180 Å². The Morgan fingerprint density at radius 1 is 1.26 bits per heavy atom. The lowest BCUT2D eigenvalue weighted by Crippen LogP contribution is -2.40. The second kappa shape index (κ2) is 9.13. The Balaban J connectivity index is 1.48. The van der Waals surface area contributed by atoms with Crippen molar-refractivity contribution >= 4 is 5.91 Å². The van der Waals surface area contributed by atoms with Crippen molar-refractivity contribution in [3.8, 4) is 28.7 Å². The summed E-state index contributed by atoms with van der Waals surface area (Å²) in [7, 11) is 1.53. The van der Waals surface area contributed by atoms with E-state index in [-0.39, 0.29) is 17.8 Å². The molecule has 0 spiro atoms. The Morgan fingerprint density at radius 3 is 2.77 bits per heavy atom. The molecule has 31 heavy (non-hydrogen) atoms. The number of ether oxygens (including phenoxy) is 2. The molecule has 3 aromatic rings. The second-order valence-electron chi connectivity index (χ2n) is 7.50. The molecule has 0 aliphatic carbocycles. The van der Waals surface area contributed by atoms with Crippen LogP contribution in [-0.2, 0) is 4.74 Å². The highest BCUT2D eigenvalue weighted by Crippen LogP contribution is 2.31. The van der Waals surface area contributed by atoms with E-state index in [4.69, 9.17) is 9.47 Å². The summed E-state index contributed by atoms with van der Waals surface area (Å²) in [4.78, 5) is 21.0. The zero-order valence-corrected chi connectivity index (χ0v) is 17.5. The molecule has 0 unspecified atom stereocenters. The normalized spacial score (nSPS) is 15.4. The van der Waals surface area contributed by atoms with Gasteiger partial charge in [-0.15, -0.1) is 0 Å². The highest BCUT2D eigenvalue weighted by atomic mass is 16.5. The first-order valence-corrected chi connectivity index (χ1v) is 10.2. The van der Waals surface area contributed by atoms with Crippen LogP contribution >= 0.6 is 0 Å². The molecule has 3 aromatic heterocycles. The Hall–Kier alpha value is -3.46. The molecule has 0 saturated carbocycles. The second-order valence-corrected chi connectivity index (χ2v) is 7.50. The van der Waals surface area contributed by atoms with Gasteiger partial charge in [0.1, 0.15) is 0 Å². The van der Waals surface area contributed by atoms with Crippen LogP contribution in [0, 0.1) is 5.92 Å². The van der Waals surface area contributed by atoms with Gasteiger partial charge >= 0.3 is 0 Å².